The van der Waals surface area contributed by atoms with Crippen molar-refractivity contribution >= 4 is 11.0 Å². The van der Waals surface area contributed by atoms with Crippen molar-refractivity contribution in [2.75, 3.05) is 0 Å². The van der Waals surface area contributed by atoms with Gasteiger partial charge in [0.15, 0.2) is 0 Å². The smallest absolute Gasteiger partial charge is 0.109 e. The summed E-state index contributed by atoms with van der Waals surface area (Å²) in [5.74, 6) is 1.06. The molecule has 0 atom stereocenters. The molecule has 0 N–H and O–H groups in total. The molecule has 0 aliphatic rings. The first kappa shape index (κ1) is 13.4. The van der Waals surface area contributed by atoms with Gasteiger partial charge in [0, 0.05) is 13.5 Å². The largest absolute Gasteiger partial charge is 0.331 e. The normalized spacial score (nSPS) is 10.7. The molecule has 1 heterocycles. The van der Waals surface area contributed by atoms with E-state index in [9.17, 15) is 0 Å². The van der Waals surface area contributed by atoms with Gasteiger partial charge in [-0.15, -0.1) is 0 Å². The van der Waals surface area contributed by atoms with Crippen LogP contribution >= 0.6 is 0 Å². The molecule has 2 aromatic carbocycles. The first-order valence-corrected chi connectivity index (χ1v) is 7.09. The maximum Gasteiger partial charge on any atom is 0.109 e. The summed E-state index contributed by atoms with van der Waals surface area (Å²) in [6, 6.07) is 16.3. The number of nitriles is 1. The molecule has 1 aromatic heterocycles. The van der Waals surface area contributed by atoms with Gasteiger partial charge < -0.3 is 4.57 Å². The van der Waals surface area contributed by atoms with E-state index in [-0.39, 0.29) is 0 Å². The van der Waals surface area contributed by atoms with Crippen LogP contribution in [0.2, 0.25) is 0 Å². The second-order valence-corrected chi connectivity index (χ2v) is 5.33. The summed E-state index contributed by atoms with van der Waals surface area (Å²) >= 11 is 0. The van der Waals surface area contributed by atoms with E-state index in [4.69, 9.17) is 5.26 Å². The zero-order valence-corrected chi connectivity index (χ0v) is 12.3. The topological polar surface area (TPSA) is 41.6 Å². The first-order chi connectivity index (χ1) is 10.2. The van der Waals surface area contributed by atoms with Crippen molar-refractivity contribution in [2.24, 2.45) is 7.05 Å². The van der Waals surface area contributed by atoms with Gasteiger partial charge in [-0.05, 0) is 42.7 Å². The van der Waals surface area contributed by atoms with Crippen molar-refractivity contribution in [3.8, 4) is 6.07 Å². The molecule has 3 heteroatoms. The Bertz CT molecular complexity index is 837. The minimum atomic E-state index is 0.658. The Morgan fingerprint density at radius 3 is 2.71 bits per heavy atom. The summed E-state index contributed by atoms with van der Waals surface area (Å²) in [5.41, 5.74) is 5.32. The molecule has 0 saturated carbocycles. The number of imidazole rings is 1. The predicted octanol–water partition coefficient (Wildman–Crippen LogP) is 3.54. The van der Waals surface area contributed by atoms with Crippen LogP contribution in [0.3, 0.4) is 0 Å². The molecule has 3 rings (SSSR count). The van der Waals surface area contributed by atoms with Crippen LogP contribution < -0.4 is 0 Å². The van der Waals surface area contributed by atoms with Crippen LogP contribution in [0, 0.1) is 18.3 Å². The molecule has 3 aromatic rings. The van der Waals surface area contributed by atoms with Crippen LogP contribution in [0.4, 0.5) is 0 Å². The molecule has 0 bridgehead atoms. The summed E-state index contributed by atoms with van der Waals surface area (Å²) in [4.78, 5) is 4.68. The Hall–Kier alpha value is -2.60. The standard InChI is InChI=1S/C18H17N3/c1-13-5-3-4-6-15(13)8-10-18-20-16-11-14(12-19)7-9-17(16)21(18)2/h3-7,9,11H,8,10H2,1-2H3. The van der Waals surface area contributed by atoms with Crippen molar-refractivity contribution in [2.45, 2.75) is 19.8 Å². The molecule has 0 fully saturated rings. The number of rotatable bonds is 3. The highest BCUT2D eigenvalue weighted by molar-refractivity contribution is 5.77. The number of aryl methyl sites for hydroxylation is 4. The van der Waals surface area contributed by atoms with Gasteiger partial charge in [-0.25, -0.2) is 4.98 Å². The van der Waals surface area contributed by atoms with Gasteiger partial charge in [-0.2, -0.15) is 5.26 Å². The minimum absolute atomic E-state index is 0.658. The van der Waals surface area contributed by atoms with E-state index in [0.717, 1.165) is 29.7 Å². The highest BCUT2D eigenvalue weighted by Gasteiger charge is 2.09. The molecule has 0 amide bonds. The Morgan fingerprint density at radius 1 is 1.14 bits per heavy atom. The third kappa shape index (κ3) is 2.53. The van der Waals surface area contributed by atoms with Crippen LogP contribution in [-0.2, 0) is 19.9 Å². The van der Waals surface area contributed by atoms with E-state index < -0.39 is 0 Å². The number of nitrogens with zero attached hydrogens (tertiary/aromatic N) is 3. The maximum atomic E-state index is 8.97. The number of fused-ring (bicyclic) bond motifs is 1. The summed E-state index contributed by atoms with van der Waals surface area (Å²) in [6.07, 6.45) is 1.88. The van der Waals surface area contributed by atoms with Crippen molar-refractivity contribution in [3.05, 3.63) is 65.0 Å². The average molecular weight is 275 g/mol. The number of benzene rings is 2. The highest BCUT2D eigenvalue weighted by atomic mass is 15.1. The highest BCUT2D eigenvalue weighted by Crippen LogP contribution is 2.18. The quantitative estimate of drug-likeness (QED) is 0.733. The Kier molecular flexibility index (Phi) is 3.45. The van der Waals surface area contributed by atoms with Crippen molar-refractivity contribution in [1.82, 2.24) is 9.55 Å². The first-order valence-electron chi connectivity index (χ1n) is 7.09. The second kappa shape index (κ2) is 5.41. The zero-order chi connectivity index (χ0) is 14.8. The van der Waals surface area contributed by atoms with Crippen LogP contribution in [0.5, 0.6) is 0 Å². The molecule has 3 nitrogen and oxygen atoms in total. The zero-order valence-electron chi connectivity index (χ0n) is 12.3. The van der Waals surface area contributed by atoms with Gasteiger partial charge in [0.05, 0.1) is 22.7 Å². The molecule has 0 spiro atoms. The lowest BCUT2D eigenvalue weighted by Crippen LogP contribution is -2.01. The van der Waals surface area contributed by atoms with E-state index in [1.54, 1.807) is 0 Å². The van der Waals surface area contributed by atoms with Crippen LogP contribution in [-0.4, -0.2) is 9.55 Å². The van der Waals surface area contributed by atoms with E-state index in [1.165, 1.54) is 11.1 Å². The number of hydrogen-bond acceptors (Lipinski definition) is 2. The van der Waals surface area contributed by atoms with Gasteiger partial charge >= 0.3 is 0 Å². The number of aromatic nitrogens is 2. The summed E-state index contributed by atoms with van der Waals surface area (Å²) in [7, 11) is 2.04. The SMILES string of the molecule is Cc1ccccc1CCc1nc2cc(C#N)ccc2n1C. The molecule has 0 unspecified atom stereocenters. The van der Waals surface area contributed by atoms with Gasteiger partial charge in [-0.3, -0.25) is 0 Å². The summed E-state index contributed by atoms with van der Waals surface area (Å²) in [5, 5.41) is 8.97. The van der Waals surface area contributed by atoms with Crippen molar-refractivity contribution < 1.29 is 0 Å². The van der Waals surface area contributed by atoms with Gasteiger partial charge in [0.25, 0.3) is 0 Å². The van der Waals surface area contributed by atoms with E-state index in [2.05, 4.69) is 46.8 Å². The van der Waals surface area contributed by atoms with Crippen molar-refractivity contribution in [1.29, 1.82) is 5.26 Å². The number of hydrogen-bond donors (Lipinski definition) is 0. The lowest BCUT2D eigenvalue weighted by molar-refractivity contribution is 0.785. The molecule has 0 saturated heterocycles. The summed E-state index contributed by atoms with van der Waals surface area (Å²) < 4.78 is 2.12. The Balaban J connectivity index is 1.89. The van der Waals surface area contributed by atoms with Crippen molar-refractivity contribution in [3.63, 3.8) is 0 Å². The molecule has 21 heavy (non-hydrogen) atoms. The Labute approximate surface area is 124 Å². The molecule has 0 radical (unpaired) electrons. The fraction of sp³-hybridized carbons (Fsp3) is 0.222. The van der Waals surface area contributed by atoms with Crippen LogP contribution in [0.25, 0.3) is 11.0 Å². The van der Waals surface area contributed by atoms with Gasteiger partial charge in [-0.1, -0.05) is 24.3 Å². The third-order valence-electron chi connectivity index (χ3n) is 3.98. The molecule has 0 aliphatic heterocycles. The molecular weight excluding hydrogens is 258 g/mol. The molecular formula is C18H17N3. The van der Waals surface area contributed by atoms with E-state index in [0.29, 0.717) is 5.56 Å². The fourth-order valence-corrected chi connectivity index (χ4v) is 2.68. The average Bonchev–Trinajstić information content (AvgIpc) is 2.82. The monoisotopic (exact) mass is 275 g/mol. The maximum absolute atomic E-state index is 8.97. The van der Waals surface area contributed by atoms with Gasteiger partial charge in [0.1, 0.15) is 5.82 Å². The summed E-state index contributed by atoms with van der Waals surface area (Å²) in [6.45, 7) is 2.14. The minimum Gasteiger partial charge on any atom is -0.331 e. The second-order valence-electron chi connectivity index (χ2n) is 5.33. The Morgan fingerprint density at radius 2 is 1.95 bits per heavy atom. The van der Waals surface area contributed by atoms with E-state index >= 15 is 0 Å². The van der Waals surface area contributed by atoms with E-state index in [1.807, 2.05) is 25.2 Å². The predicted molar refractivity (Wildman–Crippen MR) is 84.0 cm³/mol. The molecule has 104 valence electrons. The lowest BCUT2D eigenvalue weighted by atomic mass is 10.0. The third-order valence-corrected chi connectivity index (χ3v) is 3.98. The van der Waals surface area contributed by atoms with Crippen LogP contribution in [0.15, 0.2) is 42.5 Å². The molecule has 0 aliphatic carbocycles. The van der Waals surface area contributed by atoms with Crippen LogP contribution in [0.1, 0.15) is 22.5 Å². The lowest BCUT2D eigenvalue weighted by Gasteiger charge is -2.05. The fourth-order valence-electron chi connectivity index (χ4n) is 2.68. The van der Waals surface area contributed by atoms with Gasteiger partial charge in [0.2, 0.25) is 0 Å².